The average Bonchev–Trinajstić information content (AvgIpc) is 2.14. The summed E-state index contributed by atoms with van der Waals surface area (Å²) >= 11 is 0. The van der Waals surface area contributed by atoms with Gasteiger partial charge in [-0.2, -0.15) is 5.10 Å². The molecule has 0 atom stereocenters. The number of cyclic esters (lactones) is 1. The molecule has 1 fully saturated rings. The van der Waals surface area contributed by atoms with Crippen LogP contribution in [0, 0.1) is 0 Å². The Kier molecular flexibility index (Phi) is 1.15. The zero-order valence-corrected chi connectivity index (χ0v) is 4.26. The van der Waals surface area contributed by atoms with Gasteiger partial charge in [-0.3, -0.25) is 0 Å². The summed E-state index contributed by atoms with van der Waals surface area (Å²) in [4.78, 5) is 10.4. The van der Waals surface area contributed by atoms with Crippen LogP contribution in [0.5, 0.6) is 0 Å². The van der Waals surface area contributed by atoms with E-state index >= 15 is 0 Å². The minimum atomic E-state index is -0.382. The minimum absolute atomic E-state index is 0.338. The first-order valence-corrected chi connectivity index (χ1v) is 2.28. The highest BCUT2D eigenvalue weighted by molar-refractivity contribution is 6.37. The molecule has 0 aromatic rings. The van der Waals surface area contributed by atoms with Gasteiger partial charge in [-0.25, -0.2) is 4.79 Å². The lowest BCUT2D eigenvalue weighted by atomic mass is 10.3. The van der Waals surface area contributed by atoms with Gasteiger partial charge in [0.1, 0.15) is 5.71 Å². The lowest BCUT2D eigenvalue weighted by Gasteiger charge is -1.83. The maximum atomic E-state index is 10.4. The predicted molar refractivity (Wildman–Crippen MR) is 27.2 cm³/mol. The molecule has 0 aliphatic carbocycles. The van der Waals surface area contributed by atoms with Crippen molar-refractivity contribution in [1.82, 2.24) is 0 Å². The van der Waals surface area contributed by atoms with Gasteiger partial charge < -0.3 is 10.6 Å². The van der Waals surface area contributed by atoms with E-state index in [2.05, 4.69) is 9.84 Å². The molecule has 0 aromatic carbocycles. The molecule has 0 bridgehead atoms. The Morgan fingerprint density at radius 3 is 2.75 bits per heavy atom. The number of hydrogen-bond acceptors (Lipinski definition) is 4. The van der Waals surface area contributed by atoms with Crippen molar-refractivity contribution in [2.24, 2.45) is 10.9 Å². The molecule has 2 N–H and O–H groups in total. The van der Waals surface area contributed by atoms with Crippen molar-refractivity contribution < 1.29 is 9.53 Å². The third-order valence-electron chi connectivity index (χ3n) is 0.963. The molecule has 0 aromatic heterocycles. The standard InChI is InChI=1S/C4H6N2O2/c5-6-3-1-2-8-4(3)7/h1-2,5H2/b6-3-. The smallest absolute Gasteiger partial charge is 0.354 e. The van der Waals surface area contributed by atoms with Gasteiger partial charge in [0, 0.05) is 6.42 Å². The number of hydrazone groups is 1. The highest BCUT2D eigenvalue weighted by atomic mass is 16.5. The first kappa shape index (κ1) is 5.08. The Balaban J connectivity index is 2.69. The van der Waals surface area contributed by atoms with Crippen LogP contribution in [0.1, 0.15) is 6.42 Å². The third-order valence-corrected chi connectivity index (χ3v) is 0.963. The van der Waals surface area contributed by atoms with E-state index in [0.717, 1.165) is 0 Å². The fourth-order valence-electron chi connectivity index (χ4n) is 0.543. The van der Waals surface area contributed by atoms with Gasteiger partial charge in [0.05, 0.1) is 6.61 Å². The summed E-state index contributed by atoms with van der Waals surface area (Å²) in [6.07, 6.45) is 0.551. The second kappa shape index (κ2) is 1.81. The third kappa shape index (κ3) is 0.641. The fraction of sp³-hybridized carbons (Fsp3) is 0.500. The summed E-state index contributed by atoms with van der Waals surface area (Å²) in [5, 5.41) is 3.21. The van der Waals surface area contributed by atoms with E-state index in [-0.39, 0.29) is 5.97 Å². The summed E-state index contributed by atoms with van der Waals surface area (Å²) in [5.74, 6) is 4.43. The molecule has 4 nitrogen and oxygen atoms in total. The Morgan fingerprint density at radius 1 is 1.75 bits per heavy atom. The van der Waals surface area contributed by atoms with Gasteiger partial charge in [0.25, 0.3) is 0 Å². The van der Waals surface area contributed by atoms with Crippen molar-refractivity contribution in [1.29, 1.82) is 0 Å². The molecule has 1 aliphatic heterocycles. The Morgan fingerprint density at radius 2 is 2.50 bits per heavy atom. The Hall–Kier alpha value is -1.06. The molecule has 0 radical (unpaired) electrons. The molecule has 1 saturated heterocycles. The minimum Gasteiger partial charge on any atom is -0.461 e. The quantitative estimate of drug-likeness (QED) is 0.256. The van der Waals surface area contributed by atoms with Crippen molar-refractivity contribution >= 4 is 11.7 Å². The molecular weight excluding hydrogens is 108 g/mol. The van der Waals surface area contributed by atoms with E-state index in [9.17, 15) is 4.79 Å². The van der Waals surface area contributed by atoms with Crippen LogP contribution >= 0.6 is 0 Å². The molecular formula is C4H6N2O2. The summed E-state index contributed by atoms with van der Waals surface area (Å²) in [6.45, 7) is 0.425. The lowest BCUT2D eigenvalue weighted by Crippen LogP contribution is -2.07. The zero-order chi connectivity index (χ0) is 5.98. The van der Waals surface area contributed by atoms with E-state index in [1.54, 1.807) is 0 Å². The predicted octanol–water partition coefficient (Wildman–Crippen LogP) is -0.752. The number of esters is 1. The SMILES string of the molecule is N/N=C1/CCOC1=O. The topological polar surface area (TPSA) is 64.7 Å². The first-order chi connectivity index (χ1) is 3.84. The number of ether oxygens (including phenoxy) is 1. The van der Waals surface area contributed by atoms with Gasteiger partial charge >= 0.3 is 5.97 Å². The number of carbonyl (C=O) groups excluding carboxylic acids is 1. The van der Waals surface area contributed by atoms with E-state index in [4.69, 9.17) is 5.84 Å². The van der Waals surface area contributed by atoms with Crippen molar-refractivity contribution in [2.45, 2.75) is 6.42 Å². The first-order valence-electron chi connectivity index (χ1n) is 2.28. The average molecular weight is 114 g/mol. The van der Waals surface area contributed by atoms with Crippen LogP contribution in [0.2, 0.25) is 0 Å². The van der Waals surface area contributed by atoms with Crippen LogP contribution in [-0.2, 0) is 9.53 Å². The van der Waals surface area contributed by atoms with Crippen LogP contribution < -0.4 is 5.84 Å². The van der Waals surface area contributed by atoms with Crippen LogP contribution in [0.25, 0.3) is 0 Å². The molecule has 1 heterocycles. The van der Waals surface area contributed by atoms with Crippen LogP contribution in [0.15, 0.2) is 5.10 Å². The molecule has 4 heteroatoms. The molecule has 0 unspecified atom stereocenters. The molecule has 8 heavy (non-hydrogen) atoms. The van der Waals surface area contributed by atoms with Crippen molar-refractivity contribution in [3.63, 3.8) is 0 Å². The van der Waals surface area contributed by atoms with Crippen LogP contribution in [0.3, 0.4) is 0 Å². The Bertz CT molecular complexity index is 141. The highest BCUT2D eigenvalue weighted by Crippen LogP contribution is 1.99. The normalized spacial score (nSPS) is 24.0. The van der Waals surface area contributed by atoms with Crippen LogP contribution in [-0.4, -0.2) is 18.3 Å². The maximum Gasteiger partial charge on any atom is 0.354 e. The second-order valence-electron chi connectivity index (χ2n) is 1.46. The van der Waals surface area contributed by atoms with Gasteiger partial charge in [-0.05, 0) is 0 Å². The number of nitrogens with zero attached hydrogens (tertiary/aromatic N) is 1. The summed E-state index contributed by atoms with van der Waals surface area (Å²) < 4.78 is 4.51. The van der Waals surface area contributed by atoms with Crippen molar-refractivity contribution in [3.8, 4) is 0 Å². The van der Waals surface area contributed by atoms with Gasteiger partial charge in [-0.15, -0.1) is 0 Å². The molecule has 44 valence electrons. The van der Waals surface area contributed by atoms with Crippen molar-refractivity contribution in [2.75, 3.05) is 6.61 Å². The number of carbonyl (C=O) groups is 1. The zero-order valence-electron chi connectivity index (χ0n) is 4.26. The van der Waals surface area contributed by atoms with Crippen LogP contribution in [0.4, 0.5) is 0 Å². The number of rotatable bonds is 0. The van der Waals surface area contributed by atoms with E-state index in [1.165, 1.54) is 0 Å². The van der Waals surface area contributed by atoms with E-state index < -0.39 is 0 Å². The van der Waals surface area contributed by atoms with E-state index in [0.29, 0.717) is 18.7 Å². The fourth-order valence-corrected chi connectivity index (χ4v) is 0.543. The molecule has 1 rings (SSSR count). The largest absolute Gasteiger partial charge is 0.461 e. The highest BCUT2D eigenvalue weighted by Gasteiger charge is 2.19. The maximum absolute atomic E-state index is 10.4. The Labute approximate surface area is 46.3 Å². The van der Waals surface area contributed by atoms with Gasteiger partial charge in [0.15, 0.2) is 0 Å². The van der Waals surface area contributed by atoms with Gasteiger partial charge in [0.2, 0.25) is 0 Å². The summed E-state index contributed by atoms with van der Waals surface area (Å²) in [7, 11) is 0. The second-order valence-corrected chi connectivity index (χ2v) is 1.46. The molecule has 1 aliphatic rings. The lowest BCUT2D eigenvalue weighted by molar-refractivity contribution is -0.132. The summed E-state index contributed by atoms with van der Waals surface area (Å²) in [5.41, 5.74) is 0.338. The van der Waals surface area contributed by atoms with E-state index in [1.807, 2.05) is 0 Å². The monoisotopic (exact) mass is 114 g/mol. The molecule has 0 amide bonds. The molecule has 0 saturated carbocycles. The van der Waals surface area contributed by atoms with Gasteiger partial charge in [-0.1, -0.05) is 0 Å². The van der Waals surface area contributed by atoms with Crippen molar-refractivity contribution in [3.05, 3.63) is 0 Å². The number of nitrogens with two attached hydrogens (primary N) is 1. The number of hydrogen-bond donors (Lipinski definition) is 1. The molecule has 0 spiro atoms. The summed E-state index contributed by atoms with van der Waals surface area (Å²) in [6, 6.07) is 0.